The Labute approximate surface area is 124 Å². The van der Waals surface area contributed by atoms with E-state index in [1.165, 1.54) is 27.9 Å². The molecular weight excluding hydrogens is 288 g/mol. The van der Waals surface area contributed by atoms with Crippen molar-refractivity contribution in [2.75, 3.05) is 5.32 Å². The molecule has 0 bridgehead atoms. The zero-order valence-electron chi connectivity index (χ0n) is 11.2. The molecule has 0 saturated carbocycles. The SMILES string of the molecule is Cc1ccc(-c2csc(NC(=O)Cn3cnnn3)n2)cc1. The van der Waals surface area contributed by atoms with Crippen molar-refractivity contribution >= 4 is 22.4 Å². The number of aromatic nitrogens is 5. The van der Waals surface area contributed by atoms with Gasteiger partial charge in [0.2, 0.25) is 5.91 Å². The van der Waals surface area contributed by atoms with Crippen LogP contribution in [0.3, 0.4) is 0 Å². The van der Waals surface area contributed by atoms with Gasteiger partial charge in [-0.1, -0.05) is 29.8 Å². The third-order valence-corrected chi connectivity index (χ3v) is 3.55. The molecule has 7 nitrogen and oxygen atoms in total. The fourth-order valence-corrected chi connectivity index (χ4v) is 2.48. The van der Waals surface area contributed by atoms with Crippen LogP contribution in [-0.4, -0.2) is 31.1 Å². The molecule has 2 heterocycles. The van der Waals surface area contributed by atoms with Gasteiger partial charge in [-0.2, -0.15) is 0 Å². The van der Waals surface area contributed by atoms with Crippen molar-refractivity contribution in [1.82, 2.24) is 25.2 Å². The average Bonchev–Trinajstić information content (AvgIpc) is 3.11. The fourth-order valence-electron chi connectivity index (χ4n) is 1.75. The van der Waals surface area contributed by atoms with Gasteiger partial charge in [-0.05, 0) is 17.4 Å². The second kappa shape index (κ2) is 5.80. The monoisotopic (exact) mass is 300 g/mol. The average molecular weight is 300 g/mol. The molecule has 1 N–H and O–H groups in total. The number of hydrogen-bond acceptors (Lipinski definition) is 6. The highest BCUT2D eigenvalue weighted by Crippen LogP contribution is 2.25. The Hall–Kier alpha value is -2.61. The van der Waals surface area contributed by atoms with Gasteiger partial charge in [0.1, 0.15) is 12.9 Å². The number of nitrogens with one attached hydrogen (secondary N) is 1. The highest BCUT2D eigenvalue weighted by molar-refractivity contribution is 7.14. The van der Waals surface area contributed by atoms with Gasteiger partial charge in [0.15, 0.2) is 5.13 Å². The molecule has 21 heavy (non-hydrogen) atoms. The zero-order valence-corrected chi connectivity index (χ0v) is 12.0. The molecule has 1 aromatic carbocycles. The minimum absolute atomic E-state index is 0.0619. The minimum Gasteiger partial charge on any atom is -0.300 e. The van der Waals surface area contributed by atoms with E-state index in [1.54, 1.807) is 0 Å². The highest BCUT2D eigenvalue weighted by Gasteiger charge is 2.09. The number of amides is 1. The first kappa shape index (κ1) is 13.4. The summed E-state index contributed by atoms with van der Waals surface area (Å²) in [6.45, 7) is 2.10. The number of carbonyl (C=O) groups is 1. The lowest BCUT2D eigenvalue weighted by Crippen LogP contribution is -2.19. The van der Waals surface area contributed by atoms with Gasteiger partial charge in [0.05, 0.1) is 5.69 Å². The van der Waals surface area contributed by atoms with Gasteiger partial charge in [0.25, 0.3) is 0 Å². The molecule has 0 spiro atoms. The van der Waals surface area contributed by atoms with Crippen LogP contribution >= 0.6 is 11.3 Å². The molecule has 3 aromatic rings. The summed E-state index contributed by atoms with van der Waals surface area (Å²) in [5, 5.41) is 15.8. The van der Waals surface area contributed by atoms with Gasteiger partial charge in [0, 0.05) is 10.9 Å². The van der Waals surface area contributed by atoms with Crippen LogP contribution in [0.5, 0.6) is 0 Å². The Kier molecular flexibility index (Phi) is 3.69. The lowest BCUT2D eigenvalue weighted by molar-refractivity contribution is -0.116. The van der Waals surface area contributed by atoms with Crippen molar-refractivity contribution in [2.45, 2.75) is 13.5 Å². The molecule has 0 fully saturated rings. The lowest BCUT2D eigenvalue weighted by atomic mass is 10.1. The normalized spacial score (nSPS) is 10.5. The predicted octanol–water partition coefficient (Wildman–Crippen LogP) is 1.74. The van der Waals surface area contributed by atoms with Gasteiger partial charge in [-0.25, -0.2) is 9.67 Å². The maximum absolute atomic E-state index is 11.8. The number of nitrogens with zero attached hydrogens (tertiary/aromatic N) is 5. The first-order valence-corrected chi connectivity index (χ1v) is 7.12. The molecule has 0 unspecified atom stereocenters. The molecule has 0 saturated heterocycles. The van der Waals surface area contributed by atoms with Crippen LogP contribution < -0.4 is 5.32 Å². The zero-order chi connectivity index (χ0) is 14.7. The van der Waals surface area contributed by atoms with Crippen LogP contribution in [0.25, 0.3) is 11.3 Å². The summed E-state index contributed by atoms with van der Waals surface area (Å²) < 4.78 is 1.35. The third kappa shape index (κ3) is 3.29. The lowest BCUT2D eigenvalue weighted by Gasteiger charge is -2.00. The molecule has 0 atom stereocenters. The largest absolute Gasteiger partial charge is 0.300 e. The van der Waals surface area contributed by atoms with Gasteiger partial charge >= 0.3 is 0 Å². The second-order valence-corrected chi connectivity index (χ2v) is 5.32. The van der Waals surface area contributed by atoms with E-state index >= 15 is 0 Å². The van der Waals surface area contributed by atoms with E-state index in [9.17, 15) is 4.79 Å². The first-order chi connectivity index (χ1) is 10.2. The van der Waals surface area contributed by atoms with Gasteiger partial charge < -0.3 is 5.32 Å². The van der Waals surface area contributed by atoms with Crippen LogP contribution in [0.15, 0.2) is 36.0 Å². The van der Waals surface area contributed by atoms with Crippen LogP contribution in [0.4, 0.5) is 5.13 Å². The predicted molar refractivity (Wildman–Crippen MR) is 78.7 cm³/mol. The van der Waals surface area contributed by atoms with Gasteiger partial charge in [-0.15, -0.1) is 16.4 Å². The van der Waals surface area contributed by atoms with Crippen LogP contribution in [0.2, 0.25) is 0 Å². The van der Waals surface area contributed by atoms with Crippen molar-refractivity contribution in [3.8, 4) is 11.3 Å². The maximum Gasteiger partial charge on any atom is 0.248 e. The summed E-state index contributed by atoms with van der Waals surface area (Å²) in [6.07, 6.45) is 1.39. The van der Waals surface area contributed by atoms with E-state index in [4.69, 9.17) is 0 Å². The molecule has 3 rings (SSSR count). The molecular formula is C13H12N6OS. The molecule has 2 aromatic heterocycles. The maximum atomic E-state index is 11.8. The molecule has 0 aliphatic rings. The number of rotatable bonds is 4. The highest BCUT2D eigenvalue weighted by atomic mass is 32.1. The number of tetrazole rings is 1. The Morgan fingerprint density at radius 2 is 2.14 bits per heavy atom. The molecule has 8 heteroatoms. The summed E-state index contributed by atoms with van der Waals surface area (Å²) in [5.41, 5.74) is 3.07. The number of aryl methyl sites for hydroxylation is 1. The van der Waals surface area contributed by atoms with E-state index in [2.05, 4.69) is 25.8 Å². The van der Waals surface area contributed by atoms with Crippen LogP contribution in [-0.2, 0) is 11.3 Å². The second-order valence-electron chi connectivity index (χ2n) is 4.46. The summed E-state index contributed by atoms with van der Waals surface area (Å²) in [6, 6.07) is 8.09. The van der Waals surface area contributed by atoms with Crippen molar-refractivity contribution in [3.63, 3.8) is 0 Å². The van der Waals surface area contributed by atoms with Crippen LogP contribution in [0.1, 0.15) is 5.56 Å². The first-order valence-electron chi connectivity index (χ1n) is 6.24. The quantitative estimate of drug-likeness (QED) is 0.793. The smallest absolute Gasteiger partial charge is 0.248 e. The van der Waals surface area contributed by atoms with E-state index in [-0.39, 0.29) is 12.5 Å². The Morgan fingerprint density at radius 1 is 1.33 bits per heavy atom. The van der Waals surface area contributed by atoms with E-state index in [1.807, 2.05) is 36.6 Å². The van der Waals surface area contributed by atoms with E-state index < -0.39 is 0 Å². The topological polar surface area (TPSA) is 85.6 Å². The van der Waals surface area contributed by atoms with Gasteiger partial charge in [-0.3, -0.25) is 4.79 Å². The van der Waals surface area contributed by atoms with Crippen molar-refractivity contribution in [2.24, 2.45) is 0 Å². The van der Waals surface area contributed by atoms with Crippen LogP contribution in [0, 0.1) is 6.92 Å². The number of thiazole rings is 1. The number of anilines is 1. The molecule has 0 aliphatic carbocycles. The summed E-state index contributed by atoms with van der Waals surface area (Å²) in [5.74, 6) is -0.216. The molecule has 0 aliphatic heterocycles. The summed E-state index contributed by atoms with van der Waals surface area (Å²) in [4.78, 5) is 16.2. The molecule has 106 valence electrons. The van der Waals surface area contributed by atoms with Crippen molar-refractivity contribution < 1.29 is 4.79 Å². The Balaban J connectivity index is 1.67. The summed E-state index contributed by atoms with van der Waals surface area (Å²) >= 11 is 1.39. The summed E-state index contributed by atoms with van der Waals surface area (Å²) in [7, 11) is 0. The fraction of sp³-hybridized carbons (Fsp3) is 0.154. The van der Waals surface area contributed by atoms with E-state index in [0.29, 0.717) is 5.13 Å². The van der Waals surface area contributed by atoms with Crippen molar-refractivity contribution in [3.05, 3.63) is 41.5 Å². The number of carbonyl (C=O) groups excluding carboxylic acids is 1. The van der Waals surface area contributed by atoms with Crippen molar-refractivity contribution in [1.29, 1.82) is 0 Å². The minimum atomic E-state index is -0.216. The van der Waals surface area contributed by atoms with E-state index in [0.717, 1.165) is 11.3 Å². The number of hydrogen-bond donors (Lipinski definition) is 1. The molecule has 0 radical (unpaired) electrons. The Morgan fingerprint density at radius 3 is 2.86 bits per heavy atom. The standard InChI is InChI=1S/C13H12N6OS/c1-9-2-4-10(5-3-9)11-7-21-13(15-11)16-12(20)6-19-8-14-17-18-19/h2-5,7-8H,6H2,1H3,(H,15,16,20). The number of benzene rings is 1. The third-order valence-electron chi connectivity index (χ3n) is 2.79. The molecule has 1 amide bonds. The Bertz CT molecular complexity index is 734.